The number of benzene rings is 3. The van der Waals surface area contributed by atoms with Gasteiger partial charge >= 0.3 is 12.2 Å². The van der Waals surface area contributed by atoms with Crippen molar-refractivity contribution in [3.63, 3.8) is 0 Å². The zero-order valence-electron chi connectivity index (χ0n) is 25.9. The smallest absolute Gasteiger partial charge is 0.410 e. The van der Waals surface area contributed by atoms with E-state index in [9.17, 15) is 14.4 Å². The van der Waals surface area contributed by atoms with Crippen LogP contribution >= 0.6 is 11.6 Å². The number of likely N-dealkylation sites (tertiary alicyclic amines) is 1. The van der Waals surface area contributed by atoms with Crippen LogP contribution in [0.4, 0.5) is 9.59 Å². The second-order valence-corrected chi connectivity index (χ2v) is 13.1. The normalized spacial score (nSPS) is 15.8. The Kier molecular flexibility index (Phi) is 8.31. The summed E-state index contributed by atoms with van der Waals surface area (Å²) in [4.78, 5) is 46.4. The molecule has 1 aromatic heterocycles. The molecule has 1 atom stereocenters. The highest BCUT2D eigenvalue weighted by molar-refractivity contribution is 6.35. The second kappa shape index (κ2) is 12.2. The van der Waals surface area contributed by atoms with Gasteiger partial charge in [0, 0.05) is 25.0 Å². The molecule has 1 aliphatic carbocycles. The van der Waals surface area contributed by atoms with Gasteiger partial charge in [-0.3, -0.25) is 9.36 Å². The molecule has 1 N–H and O–H groups in total. The standard InChI is InChI=1S/C35H37ClN4O5/c1-21(37-33(42)44-20-27-25-12-7-5-10-23(25)24-11-6-8-13-26(24)27)31-38-29-15-9-14-28(36)30(29)32(41)40(31)22-16-18-39(19-17-22)34(43)45-35(2,3)4/h5-15,21-22,27H,16-20H2,1-4H3,(H,37,42). The van der Waals surface area contributed by atoms with E-state index in [4.69, 9.17) is 26.1 Å². The molecular formula is C35H37ClN4O5. The number of hydrogen-bond donors (Lipinski definition) is 1. The van der Waals surface area contributed by atoms with Crippen LogP contribution in [0, 0.1) is 0 Å². The summed E-state index contributed by atoms with van der Waals surface area (Å²) in [6, 6.07) is 20.6. The van der Waals surface area contributed by atoms with E-state index in [0.29, 0.717) is 47.7 Å². The Morgan fingerprint density at radius 1 is 0.978 bits per heavy atom. The fraction of sp³-hybridized carbons (Fsp3) is 0.371. The monoisotopic (exact) mass is 628 g/mol. The molecule has 0 radical (unpaired) electrons. The maximum absolute atomic E-state index is 14.0. The van der Waals surface area contributed by atoms with Crippen molar-refractivity contribution in [1.82, 2.24) is 19.8 Å². The maximum atomic E-state index is 14.0. The van der Waals surface area contributed by atoms with E-state index in [1.807, 2.05) is 45.0 Å². The molecule has 6 rings (SSSR count). The fourth-order valence-electron chi connectivity index (χ4n) is 6.39. The summed E-state index contributed by atoms with van der Waals surface area (Å²) >= 11 is 6.48. The summed E-state index contributed by atoms with van der Waals surface area (Å²) in [5.74, 6) is 0.326. The Bertz CT molecular complexity index is 1780. The lowest BCUT2D eigenvalue weighted by Gasteiger charge is -2.35. The highest BCUT2D eigenvalue weighted by Gasteiger charge is 2.32. The van der Waals surface area contributed by atoms with Gasteiger partial charge in [0.05, 0.1) is 22.0 Å². The summed E-state index contributed by atoms with van der Waals surface area (Å²) in [6.07, 6.45) is 0.0534. The van der Waals surface area contributed by atoms with Crippen molar-refractivity contribution >= 4 is 34.7 Å². The predicted molar refractivity (Wildman–Crippen MR) is 174 cm³/mol. The summed E-state index contributed by atoms with van der Waals surface area (Å²) < 4.78 is 13.0. The minimum atomic E-state index is -0.652. The Hall–Kier alpha value is -4.37. The third-order valence-corrected chi connectivity index (χ3v) is 8.77. The van der Waals surface area contributed by atoms with Crippen LogP contribution in [0.1, 0.15) is 75.5 Å². The van der Waals surface area contributed by atoms with Crippen LogP contribution in [-0.2, 0) is 9.47 Å². The Labute approximate surface area is 267 Å². The van der Waals surface area contributed by atoms with Crippen molar-refractivity contribution in [3.05, 3.63) is 99.1 Å². The molecule has 4 aromatic rings. The molecule has 2 heterocycles. The molecule has 234 valence electrons. The van der Waals surface area contributed by atoms with Crippen LogP contribution < -0.4 is 10.9 Å². The Balaban J connectivity index is 1.22. The number of halogens is 1. The molecule has 1 unspecified atom stereocenters. The zero-order valence-corrected chi connectivity index (χ0v) is 26.6. The Morgan fingerprint density at radius 3 is 2.22 bits per heavy atom. The topological polar surface area (TPSA) is 103 Å². The van der Waals surface area contributed by atoms with Gasteiger partial charge in [0.2, 0.25) is 0 Å². The number of hydrogen-bond acceptors (Lipinski definition) is 6. The number of rotatable bonds is 5. The van der Waals surface area contributed by atoms with Crippen LogP contribution in [0.15, 0.2) is 71.5 Å². The molecule has 1 aliphatic heterocycles. The average Bonchev–Trinajstić information content (AvgIpc) is 3.32. The van der Waals surface area contributed by atoms with Gasteiger partial charge in [-0.05, 0) is 74.9 Å². The van der Waals surface area contributed by atoms with Gasteiger partial charge < -0.3 is 19.7 Å². The van der Waals surface area contributed by atoms with E-state index < -0.39 is 17.7 Å². The van der Waals surface area contributed by atoms with Gasteiger partial charge in [-0.15, -0.1) is 0 Å². The molecule has 0 spiro atoms. The van der Waals surface area contributed by atoms with Crippen LogP contribution in [-0.4, -0.2) is 51.9 Å². The second-order valence-electron chi connectivity index (χ2n) is 12.7. The number of nitrogens with zero attached hydrogens (tertiary/aromatic N) is 3. The highest BCUT2D eigenvalue weighted by Crippen LogP contribution is 2.44. The van der Waals surface area contributed by atoms with Crippen LogP contribution in [0.2, 0.25) is 5.02 Å². The van der Waals surface area contributed by atoms with Gasteiger partial charge in [-0.1, -0.05) is 66.2 Å². The highest BCUT2D eigenvalue weighted by atomic mass is 35.5. The number of carbonyl (C=O) groups is 2. The molecule has 0 saturated carbocycles. The van der Waals surface area contributed by atoms with E-state index in [2.05, 4.69) is 29.6 Å². The molecule has 2 amide bonds. The number of ether oxygens (including phenoxy) is 2. The number of carbonyl (C=O) groups excluding carboxylic acids is 2. The third kappa shape index (κ3) is 6.14. The molecule has 2 aliphatic rings. The van der Waals surface area contributed by atoms with E-state index in [1.165, 1.54) is 0 Å². The van der Waals surface area contributed by atoms with Crippen LogP contribution in [0.5, 0.6) is 0 Å². The summed E-state index contributed by atoms with van der Waals surface area (Å²) in [5, 5.41) is 3.54. The summed E-state index contributed by atoms with van der Waals surface area (Å²) in [6.45, 7) is 8.28. The van der Waals surface area contributed by atoms with Crippen molar-refractivity contribution < 1.29 is 19.1 Å². The fourth-order valence-corrected chi connectivity index (χ4v) is 6.64. The van der Waals surface area contributed by atoms with E-state index in [1.54, 1.807) is 34.6 Å². The number of aromatic nitrogens is 2. The number of nitrogens with one attached hydrogen (secondary N) is 1. The van der Waals surface area contributed by atoms with Crippen LogP contribution in [0.25, 0.3) is 22.0 Å². The van der Waals surface area contributed by atoms with Crippen molar-refractivity contribution in [2.45, 2.75) is 64.1 Å². The van der Waals surface area contributed by atoms with Gasteiger partial charge in [0.1, 0.15) is 18.0 Å². The molecule has 10 heteroatoms. The van der Waals surface area contributed by atoms with Crippen molar-refractivity contribution in [2.24, 2.45) is 0 Å². The largest absolute Gasteiger partial charge is 0.449 e. The molecule has 0 bridgehead atoms. The third-order valence-electron chi connectivity index (χ3n) is 8.45. The quantitative estimate of drug-likeness (QED) is 0.250. The molecular weight excluding hydrogens is 592 g/mol. The van der Waals surface area contributed by atoms with Crippen LogP contribution in [0.3, 0.4) is 0 Å². The van der Waals surface area contributed by atoms with Gasteiger partial charge in [0.15, 0.2) is 0 Å². The predicted octanol–water partition coefficient (Wildman–Crippen LogP) is 7.22. The van der Waals surface area contributed by atoms with Crippen molar-refractivity contribution in [3.8, 4) is 11.1 Å². The lowest BCUT2D eigenvalue weighted by molar-refractivity contribution is 0.0186. The molecule has 45 heavy (non-hydrogen) atoms. The molecule has 1 fully saturated rings. The minimum absolute atomic E-state index is 0.0762. The zero-order chi connectivity index (χ0) is 31.9. The number of piperidine rings is 1. The van der Waals surface area contributed by atoms with Gasteiger partial charge in [0.25, 0.3) is 5.56 Å². The minimum Gasteiger partial charge on any atom is -0.449 e. The van der Waals surface area contributed by atoms with E-state index >= 15 is 0 Å². The first-order chi connectivity index (χ1) is 21.5. The number of alkyl carbamates (subject to hydrolysis) is 1. The molecule has 9 nitrogen and oxygen atoms in total. The first kappa shape index (κ1) is 30.6. The number of amides is 2. The Morgan fingerprint density at radius 2 is 1.60 bits per heavy atom. The lowest BCUT2D eigenvalue weighted by atomic mass is 9.98. The van der Waals surface area contributed by atoms with Crippen molar-refractivity contribution in [1.29, 1.82) is 0 Å². The average molecular weight is 629 g/mol. The van der Waals surface area contributed by atoms with Gasteiger partial charge in [-0.2, -0.15) is 0 Å². The summed E-state index contributed by atoms with van der Waals surface area (Å²) in [5.41, 5.74) is 4.12. The first-order valence-corrected chi connectivity index (χ1v) is 15.7. The molecule has 1 saturated heterocycles. The first-order valence-electron chi connectivity index (χ1n) is 15.3. The maximum Gasteiger partial charge on any atom is 0.410 e. The van der Waals surface area contributed by atoms with E-state index in [0.717, 1.165) is 22.3 Å². The lowest BCUT2D eigenvalue weighted by Crippen LogP contribution is -2.44. The summed E-state index contributed by atoms with van der Waals surface area (Å²) in [7, 11) is 0. The van der Waals surface area contributed by atoms with Crippen molar-refractivity contribution in [2.75, 3.05) is 19.7 Å². The number of fused-ring (bicyclic) bond motifs is 4. The molecule has 3 aromatic carbocycles. The SMILES string of the molecule is CC(NC(=O)OCC1c2ccccc2-c2ccccc21)c1nc2cccc(Cl)c2c(=O)n1C1CCN(C(=O)OC(C)(C)C)CC1. The van der Waals surface area contributed by atoms with Gasteiger partial charge in [-0.25, -0.2) is 14.6 Å². The van der Waals surface area contributed by atoms with E-state index in [-0.39, 0.29) is 30.2 Å².